The van der Waals surface area contributed by atoms with Crippen molar-refractivity contribution in [1.29, 1.82) is 0 Å². The largest absolute Gasteiger partial charge is 0.356 e. The van der Waals surface area contributed by atoms with Crippen molar-refractivity contribution in [3.05, 3.63) is 48.2 Å². The molecule has 1 amide bonds. The van der Waals surface area contributed by atoms with Crippen LogP contribution in [0.2, 0.25) is 0 Å². The van der Waals surface area contributed by atoms with Crippen LogP contribution < -0.4 is 10.2 Å². The average molecular weight is 495 g/mol. The Morgan fingerprint density at radius 2 is 1.86 bits per heavy atom. The van der Waals surface area contributed by atoms with E-state index in [1.807, 2.05) is 13.0 Å². The summed E-state index contributed by atoms with van der Waals surface area (Å²) in [5, 5.41) is 2.83. The number of nitrogens with one attached hydrogen (secondary N) is 2. The standard InChI is InChI=1S/C26H31FN6O3/c1-17(34)29-14-26(2)15-35-24(36-16-26)23-31-21(18-6-8-19(27)9-7-18)22(32-23)20-10-11-28-25(30-20)33-12-4-3-5-13-33/h6-11,24H,3-5,12-16H2,1-2H3,(H,29,34)(H,31,32). The summed E-state index contributed by atoms with van der Waals surface area (Å²) in [5.74, 6) is 0.783. The number of amides is 1. The van der Waals surface area contributed by atoms with Crippen molar-refractivity contribution in [2.45, 2.75) is 39.4 Å². The van der Waals surface area contributed by atoms with Gasteiger partial charge in [-0.25, -0.2) is 19.3 Å². The molecule has 2 aromatic heterocycles. The lowest BCUT2D eigenvalue weighted by molar-refractivity contribution is -0.232. The van der Waals surface area contributed by atoms with Crippen molar-refractivity contribution < 1.29 is 18.7 Å². The van der Waals surface area contributed by atoms with E-state index in [1.54, 1.807) is 18.3 Å². The van der Waals surface area contributed by atoms with Crippen LogP contribution in [0.15, 0.2) is 36.5 Å². The van der Waals surface area contributed by atoms with Gasteiger partial charge in [0.05, 0.1) is 30.3 Å². The van der Waals surface area contributed by atoms with Crippen LogP contribution in [0.4, 0.5) is 10.3 Å². The minimum absolute atomic E-state index is 0.0910. The fourth-order valence-corrected chi connectivity index (χ4v) is 4.48. The average Bonchev–Trinajstić information content (AvgIpc) is 3.35. The van der Waals surface area contributed by atoms with Gasteiger partial charge < -0.3 is 24.7 Å². The second kappa shape index (κ2) is 10.3. The number of carbonyl (C=O) groups is 1. The highest BCUT2D eigenvalue weighted by atomic mass is 19.1. The molecule has 5 rings (SSSR count). The number of piperidine rings is 1. The van der Waals surface area contributed by atoms with E-state index in [1.165, 1.54) is 25.5 Å². The molecule has 1 aromatic carbocycles. The zero-order valence-corrected chi connectivity index (χ0v) is 20.6. The lowest BCUT2D eigenvalue weighted by Crippen LogP contribution is -2.45. The highest BCUT2D eigenvalue weighted by molar-refractivity contribution is 5.77. The van der Waals surface area contributed by atoms with E-state index in [4.69, 9.17) is 19.4 Å². The van der Waals surface area contributed by atoms with E-state index in [0.717, 1.165) is 31.5 Å². The maximum absolute atomic E-state index is 13.6. The summed E-state index contributed by atoms with van der Waals surface area (Å²) in [6.45, 7) is 6.60. The van der Waals surface area contributed by atoms with E-state index in [0.29, 0.717) is 48.6 Å². The highest BCUT2D eigenvalue weighted by Crippen LogP contribution is 2.35. The van der Waals surface area contributed by atoms with Gasteiger partial charge in [0.1, 0.15) is 5.82 Å². The van der Waals surface area contributed by atoms with Gasteiger partial charge in [0.2, 0.25) is 18.1 Å². The number of ether oxygens (including phenoxy) is 2. The molecule has 2 saturated heterocycles. The quantitative estimate of drug-likeness (QED) is 0.536. The Morgan fingerprint density at radius 3 is 2.56 bits per heavy atom. The number of imidazole rings is 1. The van der Waals surface area contributed by atoms with Gasteiger partial charge in [-0.3, -0.25) is 4.79 Å². The molecule has 2 aliphatic rings. The number of hydrogen-bond donors (Lipinski definition) is 2. The summed E-state index contributed by atoms with van der Waals surface area (Å²) < 4.78 is 25.7. The third-order valence-corrected chi connectivity index (χ3v) is 6.53. The number of hydrogen-bond acceptors (Lipinski definition) is 7. The van der Waals surface area contributed by atoms with Gasteiger partial charge in [0, 0.05) is 43.7 Å². The maximum Gasteiger partial charge on any atom is 0.225 e. The molecule has 0 spiro atoms. The van der Waals surface area contributed by atoms with Crippen LogP contribution in [0.3, 0.4) is 0 Å². The lowest BCUT2D eigenvalue weighted by atomic mass is 9.92. The summed E-state index contributed by atoms with van der Waals surface area (Å²) in [6, 6.07) is 8.05. The molecule has 2 N–H and O–H groups in total. The summed E-state index contributed by atoms with van der Waals surface area (Å²) in [6.07, 6.45) is 4.52. The molecule has 36 heavy (non-hydrogen) atoms. The maximum atomic E-state index is 13.6. The third-order valence-electron chi connectivity index (χ3n) is 6.53. The normalized spacial score (nSPS) is 22.4. The van der Waals surface area contributed by atoms with Gasteiger partial charge in [-0.1, -0.05) is 6.92 Å². The molecule has 0 atom stereocenters. The number of H-pyrrole nitrogens is 1. The zero-order valence-electron chi connectivity index (χ0n) is 20.6. The molecule has 3 aromatic rings. The first kappa shape index (κ1) is 24.3. The molecule has 2 fully saturated rings. The Hall–Kier alpha value is -3.37. The van der Waals surface area contributed by atoms with Crippen molar-refractivity contribution in [3.63, 3.8) is 0 Å². The molecule has 0 saturated carbocycles. The van der Waals surface area contributed by atoms with Crippen molar-refractivity contribution in [3.8, 4) is 22.6 Å². The van der Waals surface area contributed by atoms with E-state index in [2.05, 4.69) is 20.2 Å². The molecule has 0 bridgehead atoms. The van der Waals surface area contributed by atoms with Crippen LogP contribution >= 0.6 is 0 Å². The number of aromatic nitrogens is 4. The molecular formula is C26H31FN6O3. The van der Waals surface area contributed by atoms with Gasteiger partial charge in [-0.2, -0.15) is 0 Å². The Morgan fingerprint density at radius 1 is 1.14 bits per heavy atom. The summed E-state index contributed by atoms with van der Waals surface area (Å²) in [5.41, 5.74) is 2.42. The highest BCUT2D eigenvalue weighted by Gasteiger charge is 2.35. The first-order valence-corrected chi connectivity index (χ1v) is 12.3. The SMILES string of the molecule is CC(=O)NCC1(C)COC(c2nc(-c3ccc(F)cc3)c(-c3ccnc(N4CCCCC4)n3)[nH]2)OC1. The first-order valence-electron chi connectivity index (χ1n) is 12.3. The molecule has 190 valence electrons. The summed E-state index contributed by atoms with van der Waals surface area (Å²) in [4.78, 5) is 31.0. The topological polar surface area (TPSA) is 105 Å². The number of halogens is 1. The number of nitrogens with zero attached hydrogens (tertiary/aromatic N) is 4. The molecule has 0 unspecified atom stereocenters. The number of anilines is 1. The monoisotopic (exact) mass is 494 g/mol. The van der Waals surface area contributed by atoms with Crippen molar-refractivity contribution >= 4 is 11.9 Å². The van der Waals surface area contributed by atoms with E-state index in [-0.39, 0.29) is 17.1 Å². The predicted octanol–water partition coefficient (Wildman–Crippen LogP) is 3.85. The van der Waals surface area contributed by atoms with Crippen LogP contribution in [0, 0.1) is 11.2 Å². The van der Waals surface area contributed by atoms with Gasteiger partial charge in [-0.05, 0) is 49.6 Å². The predicted molar refractivity (Wildman–Crippen MR) is 133 cm³/mol. The second-order valence-corrected chi connectivity index (χ2v) is 9.82. The van der Waals surface area contributed by atoms with Gasteiger partial charge >= 0.3 is 0 Å². The van der Waals surface area contributed by atoms with E-state index < -0.39 is 6.29 Å². The van der Waals surface area contributed by atoms with Crippen LogP contribution in [0.25, 0.3) is 22.6 Å². The summed E-state index contributed by atoms with van der Waals surface area (Å²) >= 11 is 0. The number of rotatable bonds is 6. The Kier molecular flexibility index (Phi) is 6.97. The second-order valence-electron chi connectivity index (χ2n) is 9.82. The van der Waals surface area contributed by atoms with Crippen molar-refractivity contribution in [1.82, 2.24) is 25.3 Å². The fraction of sp³-hybridized carbons (Fsp3) is 0.462. The van der Waals surface area contributed by atoms with Crippen LogP contribution in [0.5, 0.6) is 0 Å². The lowest BCUT2D eigenvalue weighted by Gasteiger charge is -2.36. The third kappa shape index (κ3) is 5.39. The van der Waals surface area contributed by atoms with E-state index >= 15 is 0 Å². The molecule has 9 nitrogen and oxygen atoms in total. The Balaban J connectivity index is 1.44. The minimum Gasteiger partial charge on any atom is -0.356 e. The van der Waals surface area contributed by atoms with Crippen molar-refractivity contribution in [2.24, 2.45) is 5.41 Å². The first-order chi connectivity index (χ1) is 17.4. The van der Waals surface area contributed by atoms with Crippen LogP contribution in [-0.2, 0) is 14.3 Å². The van der Waals surface area contributed by atoms with E-state index in [9.17, 15) is 9.18 Å². The van der Waals surface area contributed by atoms with Gasteiger partial charge in [0.15, 0.2) is 5.82 Å². The Labute approximate surface area is 209 Å². The van der Waals surface area contributed by atoms with Gasteiger partial charge in [0.25, 0.3) is 0 Å². The minimum atomic E-state index is -0.702. The number of carbonyl (C=O) groups excluding carboxylic acids is 1. The fourth-order valence-electron chi connectivity index (χ4n) is 4.48. The summed E-state index contributed by atoms with van der Waals surface area (Å²) in [7, 11) is 0. The van der Waals surface area contributed by atoms with Gasteiger partial charge in [-0.15, -0.1) is 0 Å². The number of benzene rings is 1. The molecule has 10 heteroatoms. The number of aromatic amines is 1. The molecule has 0 radical (unpaired) electrons. The zero-order chi connectivity index (χ0) is 25.1. The van der Waals surface area contributed by atoms with Crippen LogP contribution in [-0.4, -0.2) is 58.7 Å². The molecule has 0 aliphatic carbocycles. The smallest absolute Gasteiger partial charge is 0.225 e. The van der Waals surface area contributed by atoms with Crippen molar-refractivity contribution in [2.75, 3.05) is 37.7 Å². The molecule has 4 heterocycles. The molecular weight excluding hydrogens is 463 g/mol. The molecule has 2 aliphatic heterocycles. The Bertz CT molecular complexity index is 1200. The van der Waals surface area contributed by atoms with Crippen LogP contribution in [0.1, 0.15) is 45.2 Å².